The van der Waals surface area contributed by atoms with Crippen LogP contribution in [0.4, 0.5) is 5.69 Å². The van der Waals surface area contributed by atoms with Gasteiger partial charge in [0.1, 0.15) is 22.3 Å². The molecule has 4 rings (SSSR count). The Hall–Kier alpha value is -3.84. The van der Waals surface area contributed by atoms with Crippen molar-refractivity contribution in [1.29, 1.82) is 0 Å². The van der Waals surface area contributed by atoms with Gasteiger partial charge in [-0.15, -0.1) is 11.3 Å². The number of methoxy groups -OCH3 is 3. The molecule has 7 heteroatoms. The second-order valence-electron chi connectivity index (χ2n) is 7.24. The number of hydrogen-bond donors (Lipinski definition) is 1. The Morgan fingerprint density at radius 3 is 2.09 bits per heavy atom. The first-order chi connectivity index (χ1) is 16.1. The molecule has 1 N–H and O–H groups in total. The number of aromatic nitrogens is 1. The summed E-state index contributed by atoms with van der Waals surface area (Å²) in [6, 6.07) is 21.0. The van der Waals surface area contributed by atoms with Crippen molar-refractivity contribution in [2.75, 3.05) is 26.6 Å². The third kappa shape index (κ3) is 5.32. The minimum absolute atomic E-state index is 0.132. The zero-order valence-electron chi connectivity index (χ0n) is 18.6. The summed E-state index contributed by atoms with van der Waals surface area (Å²) in [5.74, 6) is 2.16. The fraction of sp³-hybridized carbons (Fsp3) is 0.154. The molecule has 168 valence electrons. The van der Waals surface area contributed by atoms with Crippen molar-refractivity contribution in [3.05, 3.63) is 77.8 Å². The number of benzene rings is 3. The lowest BCUT2D eigenvalue weighted by atomic mass is 10.0. The summed E-state index contributed by atoms with van der Waals surface area (Å²) < 4.78 is 15.9. The Morgan fingerprint density at radius 1 is 0.848 bits per heavy atom. The van der Waals surface area contributed by atoms with E-state index in [1.54, 1.807) is 21.3 Å². The lowest BCUT2D eigenvalue weighted by Gasteiger charge is -2.12. The number of anilines is 1. The summed E-state index contributed by atoms with van der Waals surface area (Å²) >= 11 is 1.51. The van der Waals surface area contributed by atoms with Crippen LogP contribution in [-0.2, 0) is 11.2 Å². The Balaban J connectivity index is 1.46. The number of ether oxygens (including phenoxy) is 3. The zero-order chi connectivity index (χ0) is 23.2. The van der Waals surface area contributed by atoms with E-state index in [1.165, 1.54) is 11.3 Å². The van der Waals surface area contributed by atoms with Gasteiger partial charge in [0, 0.05) is 22.2 Å². The number of carbonyl (C=O) groups is 1. The highest BCUT2D eigenvalue weighted by Crippen LogP contribution is 2.33. The number of rotatable bonds is 8. The second kappa shape index (κ2) is 10.2. The van der Waals surface area contributed by atoms with Gasteiger partial charge in [0.25, 0.3) is 0 Å². The van der Waals surface area contributed by atoms with Crippen LogP contribution in [0.2, 0.25) is 0 Å². The second-order valence-corrected chi connectivity index (χ2v) is 8.10. The molecule has 0 atom stereocenters. The lowest BCUT2D eigenvalue weighted by molar-refractivity contribution is -0.115. The summed E-state index contributed by atoms with van der Waals surface area (Å²) in [5.41, 5.74) is 4.26. The number of nitrogens with zero attached hydrogens (tertiary/aromatic N) is 1. The molecule has 0 aliphatic carbocycles. The highest BCUT2D eigenvalue weighted by Gasteiger charge is 2.12. The quantitative estimate of drug-likeness (QED) is 0.366. The van der Waals surface area contributed by atoms with Gasteiger partial charge in [0.05, 0.1) is 33.4 Å². The van der Waals surface area contributed by atoms with Crippen LogP contribution in [0.1, 0.15) is 5.69 Å². The molecule has 1 amide bonds. The monoisotopic (exact) mass is 460 g/mol. The maximum absolute atomic E-state index is 12.7. The molecule has 6 nitrogen and oxygen atoms in total. The smallest absolute Gasteiger partial charge is 0.230 e. The SMILES string of the molecule is COc1ccc(-c2nc(CC(=O)Nc3ccc(OC)c(-c4ccc(OC)cc4)c3)cs2)cc1. The van der Waals surface area contributed by atoms with E-state index in [-0.39, 0.29) is 12.3 Å². The molecule has 33 heavy (non-hydrogen) atoms. The Morgan fingerprint density at radius 2 is 1.48 bits per heavy atom. The molecule has 0 bridgehead atoms. The van der Waals surface area contributed by atoms with E-state index in [4.69, 9.17) is 14.2 Å². The van der Waals surface area contributed by atoms with Crippen LogP contribution < -0.4 is 19.5 Å². The Labute approximate surface area is 196 Å². The number of hydrogen-bond acceptors (Lipinski definition) is 6. The fourth-order valence-electron chi connectivity index (χ4n) is 3.41. The van der Waals surface area contributed by atoms with Crippen molar-refractivity contribution >= 4 is 22.9 Å². The van der Waals surface area contributed by atoms with Crippen LogP contribution in [-0.4, -0.2) is 32.2 Å². The van der Waals surface area contributed by atoms with Crippen LogP contribution in [0.25, 0.3) is 21.7 Å². The average Bonchev–Trinajstić information content (AvgIpc) is 3.32. The van der Waals surface area contributed by atoms with Gasteiger partial charge in [-0.05, 0) is 60.2 Å². The first kappa shape index (κ1) is 22.4. The third-order valence-corrected chi connectivity index (χ3v) is 6.05. The molecule has 0 radical (unpaired) electrons. The van der Waals surface area contributed by atoms with E-state index < -0.39 is 0 Å². The Bertz CT molecular complexity index is 1230. The highest BCUT2D eigenvalue weighted by molar-refractivity contribution is 7.13. The van der Waals surface area contributed by atoms with Crippen LogP contribution in [0.5, 0.6) is 17.2 Å². The van der Waals surface area contributed by atoms with E-state index in [0.717, 1.165) is 44.6 Å². The van der Waals surface area contributed by atoms with Crippen LogP contribution in [0.3, 0.4) is 0 Å². The predicted molar refractivity (Wildman–Crippen MR) is 131 cm³/mol. The summed E-state index contributed by atoms with van der Waals surface area (Å²) in [5, 5.41) is 5.75. The minimum atomic E-state index is -0.132. The average molecular weight is 461 g/mol. The number of thiazole rings is 1. The van der Waals surface area contributed by atoms with Gasteiger partial charge in [-0.25, -0.2) is 4.98 Å². The van der Waals surface area contributed by atoms with Crippen molar-refractivity contribution in [1.82, 2.24) is 4.98 Å². The van der Waals surface area contributed by atoms with E-state index in [1.807, 2.05) is 72.1 Å². The zero-order valence-corrected chi connectivity index (χ0v) is 19.4. The van der Waals surface area contributed by atoms with Gasteiger partial charge < -0.3 is 19.5 Å². The van der Waals surface area contributed by atoms with Gasteiger partial charge in [-0.1, -0.05) is 12.1 Å². The standard InChI is InChI=1S/C26H24N2O4S/c1-30-21-9-4-17(5-10-21)23-14-19(8-13-24(23)32-3)27-25(29)15-20-16-33-26(28-20)18-6-11-22(31-2)12-7-18/h4-14,16H,15H2,1-3H3,(H,27,29). The molecular weight excluding hydrogens is 436 g/mol. The van der Waals surface area contributed by atoms with Crippen molar-refractivity contribution in [3.63, 3.8) is 0 Å². The summed E-state index contributed by atoms with van der Waals surface area (Å²) in [6.45, 7) is 0. The van der Waals surface area contributed by atoms with Crippen LogP contribution in [0.15, 0.2) is 72.1 Å². The van der Waals surface area contributed by atoms with Gasteiger partial charge in [-0.2, -0.15) is 0 Å². The molecule has 0 aliphatic rings. The number of amides is 1. The van der Waals surface area contributed by atoms with E-state index in [0.29, 0.717) is 5.69 Å². The van der Waals surface area contributed by atoms with E-state index >= 15 is 0 Å². The summed E-state index contributed by atoms with van der Waals surface area (Å²) in [4.78, 5) is 17.3. The van der Waals surface area contributed by atoms with Gasteiger partial charge >= 0.3 is 0 Å². The molecule has 0 fully saturated rings. The topological polar surface area (TPSA) is 69.7 Å². The predicted octanol–water partition coefficient (Wildman–Crippen LogP) is 5.68. The molecule has 3 aromatic carbocycles. The lowest BCUT2D eigenvalue weighted by Crippen LogP contribution is -2.14. The molecule has 0 aliphatic heterocycles. The molecular formula is C26H24N2O4S. The van der Waals surface area contributed by atoms with E-state index in [2.05, 4.69) is 10.3 Å². The van der Waals surface area contributed by atoms with Crippen molar-refractivity contribution < 1.29 is 19.0 Å². The first-order valence-electron chi connectivity index (χ1n) is 10.3. The molecule has 0 saturated heterocycles. The fourth-order valence-corrected chi connectivity index (χ4v) is 4.23. The third-order valence-electron chi connectivity index (χ3n) is 5.11. The Kier molecular flexibility index (Phi) is 6.90. The largest absolute Gasteiger partial charge is 0.497 e. The van der Waals surface area contributed by atoms with Crippen molar-refractivity contribution in [3.8, 4) is 38.9 Å². The highest BCUT2D eigenvalue weighted by atomic mass is 32.1. The minimum Gasteiger partial charge on any atom is -0.497 e. The molecule has 0 unspecified atom stereocenters. The summed E-state index contributed by atoms with van der Waals surface area (Å²) in [6.07, 6.45) is 0.191. The number of nitrogens with one attached hydrogen (secondary N) is 1. The van der Waals surface area contributed by atoms with Gasteiger partial charge in [0.2, 0.25) is 5.91 Å². The van der Waals surface area contributed by atoms with Crippen molar-refractivity contribution in [2.45, 2.75) is 6.42 Å². The van der Waals surface area contributed by atoms with Crippen LogP contribution in [0, 0.1) is 0 Å². The first-order valence-corrected chi connectivity index (χ1v) is 11.2. The van der Waals surface area contributed by atoms with Crippen LogP contribution >= 0.6 is 11.3 Å². The van der Waals surface area contributed by atoms with Gasteiger partial charge in [-0.3, -0.25) is 4.79 Å². The number of carbonyl (C=O) groups excluding carboxylic acids is 1. The molecule has 1 heterocycles. The van der Waals surface area contributed by atoms with Crippen molar-refractivity contribution in [2.24, 2.45) is 0 Å². The van der Waals surface area contributed by atoms with Gasteiger partial charge in [0.15, 0.2) is 0 Å². The summed E-state index contributed by atoms with van der Waals surface area (Å²) in [7, 11) is 4.90. The molecule has 1 aromatic heterocycles. The maximum Gasteiger partial charge on any atom is 0.230 e. The molecule has 4 aromatic rings. The molecule has 0 saturated carbocycles. The molecule has 0 spiro atoms. The normalized spacial score (nSPS) is 10.5. The maximum atomic E-state index is 12.7. The van der Waals surface area contributed by atoms with E-state index in [9.17, 15) is 4.79 Å².